The van der Waals surface area contributed by atoms with Gasteiger partial charge in [-0.3, -0.25) is 4.79 Å². The van der Waals surface area contributed by atoms with Gasteiger partial charge in [0.15, 0.2) is 0 Å². The Morgan fingerprint density at radius 2 is 1.94 bits per heavy atom. The summed E-state index contributed by atoms with van der Waals surface area (Å²) >= 11 is 0. The standard InChI is InChI=1S/C14H18O2/c1-10(2)13-8-6-12(7-9-13)5-4-11(3)14(15)16/h6-9,11H,1,4-5H2,2-3H3,(H,15,16)/t11-/m0/s1. The van der Waals surface area contributed by atoms with Crippen LogP contribution in [0.1, 0.15) is 31.4 Å². The lowest BCUT2D eigenvalue weighted by atomic mass is 9.99. The number of carbonyl (C=O) groups is 1. The molecular formula is C14H18O2. The van der Waals surface area contributed by atoms with Crippen LogP contribution in [0.3, 0.4) is 0 Å². The molecule has 1 N–H and O–H groups in total. The minimum Gasteiger partial charge on any atom is -0.481 e. The molecule has 0 aliphatic heterocycles. The largest absolute Gasteiger partial charge is 0.481 e. The smallest absolute Gasteiger partial charge is 0.306 e. The van der Waals surface area contributed by atoms with Crippen molar-refractivity contribution in [1.29, 1.82) is 0 Å². The van der Waals surface area contributed by atoms with E-state index in [0.717, 1.165) is 17.6 Å². The summed E-state index contributed by atoms with van der Waals surface area (Å²) in [5.74, 6) is -1.00. The number of hydrogen-bond donors (Lipinski definition) is 1. The van der Waals surface area contributed by atoms with Gasteiger partial charge >= 0.3 is 5.97 Å². The summed E-state index contributed by atoms with van der Waals surface area (Å²) in [4.78, 5) is 10.7. The third-order valence-electron chi connectivity index (χ3n) is 2.73. The van der Waals surface area contributed by atoms with Crippen molar-refractivity contribution >= 4 is 11.5 Å². The van der Waals surface area contributed by atoms with Gasteiger partial charge in [0.1, 0.15) is 0 Å². The van der Waals surface area contributed by atoms with Crippen LogP contribution in [0.4, 0.5) is 0 Å². The lowest BCUT2D eigenvalue weighted by Gasteiger charge is -2.06. The zero-order chi connectivity index (χ0) is 12.1. The number of aliphatic carboxylic acids is 1. The van der Waals surface area contributed by atoms with Gasteiger partial charge in [-0.2, -0.15) is 0 Å². The molecule has 0 aliphatic rings. The fourth-order valence-corrected chi connectivity index (χ4v) is 1.46. The summed E-state index contributed by atoms with van der Waals surface area (Å²) < 4.78 is 0. The second kappa shape index (κ2) is 5.50. The summed E-state index contributed by atoms with van der Waals surface area (Å²) in [6.07, 6.45) is 1.49. The minimum atomic E-state index is -0.724. The molecule has 1 rings (SSSR count). The van der Waals surface area contributed by atoms with Gasteiger partial charge in [0.2, 0.25) is 0 Å². The van der Waals surface area contributed by atoms with Crippen LogP contribution >= 0.6 is 0 Å². The summed E-state index contributed by atoms with van der Waals surface area (Å²) in [5, 5.41) is 8.77. The summed E-state index contributed by atoms with van der Waals surface area (Å²) in [6.45, 7) is 7.59. The van der Waals surface area contributed by atoms with Crippen molar-refractivity contribution in [2.75, 3.05) is 0 Å². The molecule has 16 heavy (non-hydrogen) atoms. The first kappa shape index (κ1) is 12.5. The third-order valence-corrected chi connectivity index (χ3v) is 2.73. The first-order chi connectivity index (χ1) is 7.50. The van der Waals surface area contributed by atoms with Crippen LogP contribution < -0.4 is 0 Å². The number of hydrogen-bond acceptors (Lipinski definition) is 1. The molecule has 0 saturated carbocycles. The quantitative estimate of drug-likeness (QED) is 0.822. The molecule has 0 aliphatic carbocycles. The number of benzene rings is 1. The van der Waals surface area contributed by atoms with E-state index >= 15 is 0 Å². The molecular weight excluding hydrogens is 200 g/mol. The van der Waals surface area contributed by atoms with E-state index in [-0.39, 0.29) is 5.92 Å². The molecule has 2 nitrogen and oxygen atoms in total. The van der Waals surface area contributed by atoms with Crippen LogP contribution in [0.15, 0.2) is 30.8 Å². The van der Waals surface area contributed by atoms with Gasteiger partial charge in [-0.1, -0.05) is 43.3 Å². The van der Waals surface area contributed by atoms with Crippen LogP contribution in [0.2, 0.25) is 0 Å². The number of aryl methyl sites for hydroxylation is 1. The highest BCUT2D eigenvalue weighted by molar-refractivity contribution is 5.69. The van der Waals surface area contributed by atoms with Crippen molar-refractivity contribution in [3.8, 4) is 0 Å². The van der Waals surface area contributed by atoms with Gasteiger partial charge in [-0.15, -0.1) is 0 Å². The van der Waals surface area contributed by atoms with E-state index in [1.54, 1.807) is 6.92 Å². The fourth-order valence-electron chi connectivity index (χ4n) is 1.46. The zero-order valence-electron chi connectivity index (χ0n) is 9.86. The van der Waals surface area contributed by atoms with Crippen molar-refractivity contribution in [1.82, 2.24) is 0 Å². The first-order valence-corrected chi connectivity index (χ1v) is 5.48. The lowest BCUT2D eigenvalue weighted by molar-refractivity contribution is -0.141. The Labute approximate surface area is 96.6 Å². The van der Waals surface area contributed by atoms with Gasteiger partial charge < -0.3 is 5.11 Å². The normalized spacial score (nSPS) is 12.1. The molecule has 0 unspecified atom stereocenters. The zero-order valence-corrected chi connectivity index (χ0v) is 9.86. The van der Waals surface area contributed by atoms with Crippen molar-refractivity contribution in [2.24, 2.45) is 5.92 Å². The van der Waals surface area contributed by atoms with Crippen LogP contribution in [0, 0.1) is 5.92 Å². The SMILES string of the molecule is C=C(C)c1ccc(CC[C@H](C)C(=O)O)cc1. The van der Waals surface area contributed by atoms with Gasteiger partial charge in [0, 0.05) is 0 Å². The van der Waals surface area contributed by atoms with E-state index in [1.165, 1.54) is 5.56 Å². The highest BCUT2D eigenvalue weighted by atomic mass is 16.4. The first-order valence-electron chi connectivity index (χ1n) is 5.48. The maximum Gasteiger partial charge on any atom is 0.306 e. The molecule has 1 aromatic carbocycles. The summed E-state index contributed by atoms with van der Waals surface area (Å²) in [5.41, 5.74) is 3.36. The molecule has 0 fully saturated rings. The average Bonchev–Trinajstić information content (AvgIpc) is 2.26. The van der Waals surface area contributed by atoms with Gasteiger partial charge in [0.05, 0.1) is 5.92 Å². The summed E-state index contributed by atoms with van der Waals surface area (Å²) in [6, 6.07) is 8.14. The van der Waals surface area contributed by atoms with E-state index in [9.17, 15) is 4.79 Å². The van der Waals surface area contributed by atoms with E-state index in [4.69, 9.17) is 5.11 Å². The van der Waals surface area contributed by atoms with Gasteiger partial charge in [-0.05, 0) is 30.9 Å². The van der Waals surface area contributed by atoms with E-state index in [0.29, 0.717) is 6.42 Å². The van der Waals surface area contributed by atoms with Crippen molar-refractivity contribution in [3.63, 3.8) is 0 Å². The Kier molecular flexibility index (Phi) is 4.29. The Morgan fingerprint density at radius 1 is 1.38 bits per heavy atom. The highest BCUT2D eigenvalue weighted by Gasteiger charge is 2.10. The van der Waals surface area contributed by atoms with Crippen LogP contribution in [0.5, 0.6) is 0 Å². The second-order valence-corrected chi connectivity index (χ2v) is 4.26. The predicted octanol–water partition coefficient (Wildman–Crippen LogP) is 3.37. The Balaban J connectivity index is 2.56. The highest BCUT2D eigenvalue weighted by Crippen LogP contribution is 2.15. The Bertz CT molecular complexity index is 376. The number of allylic oxidation sites excluding steroid dienone is 1. The third kappa shape index (κ3) is 3.54. The van der Waals surface area contributed by atoms with E-state index in [1.807, 2.05) is 31.2 Å². The average molecular weight is 218 g/mol. The molecule has 1 aromatic rings. The van der Waals surface area contributed by atoms with Gasteiger partial charge in [0.25, 0.3) is 0 Å². The van der Waals surface area contributed by atoms with Crippen molar-refractivity contribution in [2.45, 2.75) is 26.7 Å². The van der Waals surface area contributed by atoms with E-state index < -0.39 is 5.97 Å². The van der Waals surface area contributed by atoms with Crippen LogP contribution in [0.25, 0.3) is 5.57 Å². The molecule has 0 bridgehead atoms. The molecule has 0 heterocycles. The van der Waals surface area contributed by atoms with Gasteiger partial charge in [-0.25, -0.2) is 0 Å². The topological polar surface area (TPSA) is 37.3 Å². The fraction of sp³-hybridized carbons (Fsp3) is 0.357. The number of carboxylic acids is 1. The minimum absolute atomic E-state index is 0.277. The molecule has 86 valence electrons. The Morgan fingerprint density at radius 3 is 2.38 bits per heavy atom. The van der Waals surface area contributed by atoms with Crippen LogP contribution in [-0.4, -0.2) is 11.1 Å². The predicted molar refractivity (Wildman–Crippen MR) is 66.3 cm³/mol. The van der Waals surface area contributed by atoms with Crippen molar-refractivity contribution < 1.29 is 9.90 Å². The number of rotatable bonds is 5. The molecule has 2 heteroatoms. The van der Waals surface area contributed by atoms with Crippen molar-refractivity contribution in [3.05, 3.63) is 42.0 Å². The molecule has 0 saturated heterocycles. The molecule has 0 radical (unpaired) electrons. The second-order valence-electron chi connectivity index (χ2n) is 4.26. The molecule has 0 spiro atoms. The van der Waals surface area contributed by atoms with Crippen LogP contribution in [-0.2, 0) is 11.2 Å². The monoisotopic (exact) mass is 218 g/mol. The number of carboxylic acid groups (broad SMARTS) is 1. The van der Waals surface area contributed by atoms with E-state index in [2.05, 4.69) is 6.58 Å². The molecule has 0 amide bonds. The maximum atomic E-state index is 10.7. The summed E-state index contributed by atoms with van der Waals surface area (Å²) in [7, 11) is 0. The maximum absolute atomic E-state index is 10.7. The molecule has 0 aromatic heterocycles. The Hall–Kier alpha value is -1.57. The molecule has 1 atom stereocenters. The lowest BCUT2D eigenvalue weighted by Crippen LogP contribution is -2.10.